The molecule has 0 saturated heterocycles. The van der Waals surface area contributed by atoms with E-state index in [1.807, 2.05) is 44.2 Å². The van der Waals surface area contributed by atoms with Crippen LogP contribution in [-0.2, 0) is 22.6 Å². The number of nitrogens with one attached hydrogen (secondary N) is 2. The van der Waals surface area contributed by atoms with Gasteiger partial charge in [-0.3, -0.25) is 4.79 Å². The van der Waals surface area contributed by atoms with Gasteiger partial charge in [-0.1, -0.05) is 62.7 Å². The van der Waals surface area contributed by atoms with E-state index < -0.39 is 12.1 Å². The van der Waals surface area contributed by atoms with Gasteiger partial charge in [0.2, 0.25) is 5.91 Å². The van der Waals surface area contributed by atoms with Crippen molar-refractivity contribution in [3.05, 3.63) is 71.5 Å². The Morgan fingerprint density at radius 1 is 1.04 bits per heavy atom. The molecule has 0 unspecified atom stereocenters. The molecule has 28 heavy (non-hydrogen) atoms. The van der Waals surface area contributed by atoms with E-state index in [0.29, 0.717) is 13.0 Å². The van der Waals surface area contributed by atoms with Crippen molar-refractivity contribution in [1.82, 2.24) is 10.6 Å². The highest BCUT2D eigenvalue weighted by Crippen LogP contribution is 2.09. The lowest BCUT2D eigenvalue weighted by atomic mass is 9.98. The van der Waals surface area contributed by atoms with Crippen molar-refractivity contribution in [3.63, 3.8) is 0 Å². The second kappa shape index (κ2) is 11.1. The Labute approximate surface area is 165 Å². The topological polar surface area (TPSA) is 67.4 Å². The fourth-order valence-electron chi connectivity index (χ4n) is 2.68. The summed E-state index contributed by atoms with van der Waals surface area (Å²) in [6.45, 7) is 4.41. The summed E-state index contributed by atoms with van der Waals surface area (Å²) in [6.07, 6.45) is 0.690. The van der Waals surface area contributed by atoms with Crippen LogP contribution in [0.1, 0.15) is 31.4 Å². The zero-order chi connectivity index (χ0) is 20.4. The normalized spacial score (nSPS) is 12.7. The Hall–Kier alpha value is -2.89. The molecule has 150 valence electrons. The van der Waals surface area contributed by atoms with E-state index >= 15 is 0 Å². The van der Waals surface area contributed by atoms with E-state index in [9.17, 15) is 14.0 Å². The average molecular weight is 386 g/mol. The summed E-state index contributed by atoms with van der Waals surface area (Å²) in [5.41, 5.74) is 1.80. The lowest BCUT2D eigenvalue weighted by Gasteiger charge is -2.23. The maximum absolute atomic E-state index is 12.9. The zero-order valence-corrected chi connectivity index (χ0v) is 16.3. The molecule has 5 nitrogen and oxygen atoms in total. The molecule has 2 N–H and O–H groups in total. The van der Waals surface area contributed by atoms with Crippen LogP contribution in [0.3, 0.4) is 0 Å². The molecule has 2 atom stereocenters. The van der Waals surface area contributed by atoms with Crippen LogP contribution in [0, 0.1) is 11.7 Å². The molecule has 0 aliphatic carbocycles. The second-order valence-corrected chi connectivity index (χ2v) is 6.74. The number of benzene rings is 2. The molecule has 0 aliphatic heterocycles. The summed E-state index contributed by atoms with van der Waals surface area (Å²) in [4.78, 5) is 24.7. The van der Waals surface area contributed by atoms with Crippen molar-refractivity contribution in [2.75, 3.05) is 6.54 Å². The Morgan fingerprint density at radius 3 is 2.36 bits per heavy atom. The van der Waals surface area contributed by atoms with E-state index in [1.165, 1.54) is 12.1 Å². The van der Waals surface area contributed by atoms with Gasteiger partial charge in [0.15, 0.2) is 0 Å². The zero-order valence-electron chi connectivity index (χ0n) is 16.3. The minimum absolute atomic E-state index is 0.0462. The van der Waals surface area contributed by atoms with Crippen molar-refractivity contribution in [1.29, 1.82) is 0 Å². The number of alkyl carbamates (subject to hydrolysis) is 1. The number of hydrogen-bond acceptors (Lipinski definition) is 3. The first kappa shape index (κ1) is 21.4. The number of amides is 2. The monoisotopic (exact) mass is 386 g/mol. The van der Waals surface area contributed by atoms with E-state index in [1.54, 1.807) is 12.1 Å². The van der Waals surface area contributed by atoms with Crippen LogP contribution in [0.2, 0.25) is 0 Å². The van der Waals surface area contributed by atoms with Gasteiger partial charge in [0.05, 0.1) is 0 Å². The Balaban J connectivity index is 1.84. The van der Waals surface area contributed by atoms with Crippen molar-refractivity contribution >= 4 is 12.0 Å². The molecular formula is C22H27FN2O3. The van der Waals surface area contributed by atoms with Gasteiger partial charge in [0.1, 0.15) is 18.5 Å². The SMILES string of the molecule is CC[C@H](C)[C@H](NC(=O)OCc1ccccc1)C(=O)NCCc1ccc(F)cc1. The van der Waals surface area contributed by atoms with Gasteiger partial charge in [-0.25, -0.2) is 9.18 Å². The standard InChI is InChI=1S/C22H27FN2O3/c1-3-16(2)20(25-22(27)28-15-18-7-5-4-6-8-18)21(26)24-14-13-17-9-11-19(23)12-10-17/h4-12,16,20H,3,13-15H2,1-2H3,(H,24,26)(H,25,27)/t16-,20-/m0/s1. The summed E-state index contributed by atoms with van der Waals surface area (Å²) >= 11 is 0. The van der Waals surface area contributed by atoms with Crippen LogP contribution < -0.4 is 10.6 Å². The molecule has 6 heteroatoms. The predicted octanol–water partition coefficient (Wildman–Crippen LogP) is 3.83. The van der Waals surface area contributed by atoms with Crippen molar-refractivity contribution in [2.45, 2.75) is 39.3 Å². The quantitative estimate of drug-likeness (QED) is 0.688. The summed E-state index contributed by atoms with van der Waals surface area (Å²) in [6, 6.07) is 14.8. The molecule has 0 radical (unpaired) electrons. The lowest BCUT2D eigenvalue weighted by Crippen LogP contribution is -2.50. The molecule has 2 rings (SSSR count). The lowest BCUT2D eigenvalue weighted by molar-refractivity contribution is -0.124. The van der Waals surface area contributed by atoms with Crippen molar-refractivity contribution in [3.8, 4) is 0 Å². The Bertz CT molecular complexity index is 750. The third kappa shape index (κ3) is 7.02. The number of carbonyl (C=O) groups excluding carboxylic acids is 2. The second-order valence-electron chi connectivity index (χ2n) is 6.74. The first-order valence-electron chi connectivity index (χ1n) is 9.49. The Morgan fingerprint density at radius 2 is 1.71 bits per heavy atom. The van der Waals surface area contributed by atoms with Gasteiger partial charge in [-0.2, -0.15) is 0 Å². The highest BCUT2D eigenvalue weighted by atomic mass is 19.1. The van der Waals surface area contributed by atoms with E-state index in [-0.39, 0.29) is 24.2 Å². The van der Waals surface area contributed by atoms with E-state index in [2.05, 4.69) is 10.6 Å². The fraction of sp³-hybridized carbons (Fsp3) is 0.364. The van der Waals surface area contributed by atoms with E-state index in [0.717, 1.165) is 17.5 Å². The number of carbonyl (C=O) groups is 2. The summed E-state index contributed by atoms with van der Waals surface area (Å²) in [5, 5.41) is 5.51. The van der Waals surface area contributed by atoms with Crippen LogP contribution in [0.5, 0.6) is 0 Å². The highest BCUT2D eigenvalue weighted by molar-refractivity contribution is 5.85. The molecule has 0 aliphatic rings. The van der Waals surface area contributed by atoms with Crippen LogP contribution >= 0.6 is 0 Å². The molecule has 0 spiro atoms. The smallest absolute Gasteiger partial charge is 0.408 e. The maximum Gasteiger partial charge on any atom is 0.408 e. The first-order chi connectivity index (χ1) is 13.5. The molecule has 2 amide bonds. The van der Waals surface area contributed by atoms with Gasteiger partial charge in [-0.15, -0.1) is 0 Å². The number of halogens is 1. The first-order valence-corrected chi connectivity index (χ1v) is 9.49. The number of hydrogen-bond donors (Lipinski definition) is 2. The van der Waals surface area contributed by atoms with Gasteiger partial charge in [0.25, 0.3) is 0 Å². The van der Waals surface area contributed by atoms with Gasteiger partial charge in [0, 0.05) is 6.54 Å². The third-order valence-electron chi connectivity index (χ3n) is 4.61. The molecule has 0 saturated carbocycles. The van der Waals surface area contributed by atoms with Crippen molar-refractivity contribution in [2.24, 2.45) is 5.92 Å². The van der Waals surface area contributed by atoms with Crippen LogP contribution in [0.4, 0.5) is 9.18 Å². The number of rotatable bonds is 9. The minimum Gasteiger partial charge on any atom is -0.445 e. The van der Waals surface area contributed by atoms with Crippen molar-refractivity contribution < 1.29 is 18.7 Å². The van der Waals surface area contributed by atoms with Gasteiger partial charge >= 0.3 is 6.09 Å². The molecule has 0 heterocycles. The van der Waals surface area contributed by atoms with Crippen LogP contribution in [0.15, 0.2) is 54.6 Å². The summed E-state index contributed by atoms with van der Waals surface area (Å²) < 4.78 is 18.2. The molecule has 0 aromatic heterocycles. The molecule has 0 fully saturated rings. The minimum atomic E-state index is -0.679. The maximum atomic E-state index is 12.9. The summed E-state index contributed by atoms with van der Waals surface area (Å²) in [5.74, 6) is -0.592. The largest absolute Gasteiger partial charge is 0.445 e. The Kier molecular flexibility index (Phi) is 8.46. The molecule has 0 bridgehead atoms. The van der Waals surface area contributed by atoms with Gasteiger partial charge < -0.3 is 15.4 Å². The average Bonchev–Trinajstić information content (AvgIpc) is 2.72. The third-order valence-corrected chi connectivity index (χ3v) is 4.61. The van der Waals surface area contributed by atoms with E-state index in [4.69, 9.17) is 4.74 Å². The molecular weight excluding hydrogens is 359 g/mol. The predicted molar refractivity (Wildman–Crippen MR) is 106 cm³/mol. The highest BCUT2D eigenvalue weighted by Gasteiger charge is 2.26. The number of ether oxygens (including phenoxy) is 1. The van der Waals surface area contributed by atoms with Gasteiger partial charge in [-0.05, 0) is 35.6 Å². The van der Waals surface area contributed by atoms with Crippen LogP contribution in [0.25, 0.3) is 0 Å². The fourth-order valence-corrected chi connectivity index (χ4v) is 2.68. The summed E-state index contributed by atoms with van der Waals surface area (Å²) in [7, 11) is 0. The molecule has 2 aromatic rings. The van der Waals surface area contributed by atoms with Crippen LogP contribution in [-0.4, -0.2) is 24.6 Å². The molecule has 2 aromatic carbocycles.